The third-order valence-corrected chi connectivity index (χ3v) is 11.5. The van der Waals surface area contributed by atoms with Crippen LogP contribution in [-0.4, -0.2) is 63.2 Å². The van der Waals surface area contributed by atoms with Gasteiger partial charge in [0.25, 0.3) is 0 Å². The molecular weight excluding hydrogens is 716 g/mol. The quantitative estimate of drug-likeness (QED) is 0.104. The van der Waals surface area contributed by atoms with E-state index in [0.29, 0.717) is 33.0 Å². The van der Waals surface area contributed by atoms with E-state index in [0.717, 1.165) is 28.0 Å². The van der Waals surface area contributed by atoms with Gasteiger partial charge in [-0.05, 0) is 0 Å². The molecule has 6 rings (SSSR count). The molecule has 0 amide bonds. The van der Waals surface area contributed by atoms with Crippen molar-refractivity contribution in [1.29, 1.82) is 0 Å². The van der Waals surface area contributed by atoms with E-state index < -0.39 is 33.1 Å². The number of hydrogen-bond donors (Lipinski definition) is 0. The molecule has 48 heavy (non-hydrogen) atoms. The first-order valence-electron chi connectivity index (χ1n) is 16.3. The van der Waals surface area contributed by atoms with Crippen molar-refractivity contribution in [3.63, 3.8) is 0 Å². The average molecular weight is 758 g/mol. The fourth-order valence-electron chi connectivity index (χ4n) is 5.63. The van der Waals surface area contributed by atoms with Crippen LogP contribution in [0, 0.1) is 0 Å². The molecule has 7 heteroatoms. The summed E-state index contributed by atoms with van der Waals surface area (Å²) in [4.78, 5) is 0. The van der Waals surface area contributed by atoms with Crippen LogP contribution in [0.4, 0.5) is 0 Å². The summed E-state index contributed by atoms with van der Waals surface area (Å²) in [5.74, 6) is 0.832. The minimum atomic E-state index is -0.922. The zero-order valence-corrected chi connectivity index (χ0v) is 29.5. The number of hydrogen-bond acceptors (Lipinski definition) is 6. The molecule has 0 unspecified atom stereocenters. The Morgan fingerprint density at radius 2 is 0.938 bits per heavy atom. The van der Waals surface area contributed by atoms with Crippen LogP contribution in [0.1, 0.15) is 22.3 Å². The van der Waals surface area contributed by atoms with Crippen LogP contribution in [-0.2, 0) is 50.1 Å². The van der Waals surface area contributed by atoms with E-state index in [1.807, 2.05) is 84.9 Å². The molecule has 248 valence electrons. The first-order chi connectivity index (χ1) is 23.7. The van der Waals surface area contributed by atoms with Gasteiger partial charge >= 0.3 is 295 Å². The second kappa shape index (κ2) is 18.3. The van der Waals surface area contributed by atoms with Crippen LogP contribution in [0.3, 0.4) is 0 Å². The van der Waals surface area contributed by atoms with Crippen molar-refractivity contribution in [3.05, 3.63) is 168 Å². The summed E-state index contributed by atoms with van der Waals surface area (Å²) in [6.45, 7) is 2.12. The first kappa shape index (κ1) is 34.4. The van der Waals surface area contributed by atoms with Crippen LogP contribution < -0.4 is 8.35 Å². The number of methoxy groups -OCH3 is 1. The van der Waals surface area contributed by atoms with Gasteiger partial charge in [0.15, 0.2) is 0 Å². The Morgan fingerprint density at radius 1 is 0.500 bits per heavy atom. The standard InChI is InChI=1S/C41H42O6Te/c1-42-35-22-24-36(25-23-35)48-41-40(46-29-34-20-12-5-13-21-34)39(45-28-33-18-10-4-11-19-33)38(44-27-32-16-8-3-9-17-32)37(47-41)30-43-26-31-14-6-2-7-15-31/h2-25,37-41H,26-30H2,1H3/t37-,38-,39+,40-,41+/m1/s1. The Labute approximate surface area is 294 Å². The van der Waals surface area contributed by atoms with Crippen molar-refractivity contribution in [2.45, 2.75) is 55.0 Å². The van der Waals surface area contributed by atoms with Crippen LogP contribution in [0.5, 0.6) is 5.75 Å². The number of rotatable bonds is 16. The Hall–Kier alpha value is -3.51. The van der Waals surface area contributed by atoms with E-state index in [4.69, 9.17) is 28.4 Å². The van der Waals surface area contributed by atoms with E-state index in [1.165, 1.54) is 3.61 Å². The van der Waals surface area contributed by atoms with E-state index >= 15 is 0 Å². The maximum absolute atomic E-state index is 7.04. The van der Waals surface area contributed by atoms with Gasteiger partial charge in [0.05, 0.1) is 0 Å². The summed E-state index contributed by atoms with van der Waals surface area (Å²) in [5.41, 5.74) is 4.38. The summed E-state index contributed by atoms with van der Waals surface area (Å²) in [6, 6.07) is 49.3. The van der Waals surface area contributed by atoms with Gasteiger partial charge in [-0.3, -0.25) is 0 Å². The summed E-state index contributed by atoms with van der Waals surface area (Å²) in [7, 11) is 1.69. The normalized spacial score (nSPS) is 20.7. The molecule has 5 aromatic carbocycles. The molecule has 1 heterocycles. The third kappa shape index (κ3) is 10.0. The van der Waals surface area contributed by atoms with Gasteiger partial charge in [-0.2, -0.15) is 0 Å². The molecule has 6 nitrogen and oxygen atoms in total. The number of benzene rings is 5. The summed E-state index contributed by atoms with van der Waals surface area (Å²) in [6.07, 6.45) is -1.59. The second-order valence-corrected chi connectivity index (χ2v) is 15.0. The maximum atomic E-state index is 7.04. The fraction of sp³-hybridized carbons (Fsp3) is 0.268. The van der Waals surface area contributed by atoms with Gasteiger partial charge in [0, 0.05) is 0 Å². The molecule has 0 aliphatic carbocycles. The molecule has 1 aliphatic heterocycles. The molecule has 1 saturated heterocycles. The van der Waals surface area contributed by atoms with Gasteiger partial charge in [0.2, 0.25) is 0 Å². The monoisotopic (exact) mass is 760 g/mol. The van der Waals surface area contributed by atoms with Crippen LogP contribution in [0.15, 0.2) is 146 Å². The van der Waals surface area contributed by atoms with Crippen LogP contribution in [0.2, 0.25) is 0 Å². The fourth-order valence-corrected chi connectivity index (χ4v) is 8.85. The Balaban J connectivity index is 1.32. The summed E-state index contributed by atoms with van der Waals surface area (Å²) in [5, 5.41) is 0. The predicted molar refractivity (Wildman–Crippen MR) is 188 cm³/mol. The Morgan fingerprint density at radius 3 is 1.42 bits per heavy atom. The zero-order valence-electron chi connectivity index (χ0n) is 27.1. The van der Waals surface area contributed by atoms with Gasteiger partial charge < -0.3 is 0 Å². The topological polar surface area (TPSA) is 55.4 Å². The molecule has 0 radical (unpaired) electrons. The molecule has 0 aromatic heterocycles. The SMILES string of the molecule is COc1ccc([Te][C@@H]2O[C@H](COCc3ccccc3)[C@@H](OCc3ccccc3)[C@H](OCc3ccccc3)[C@H]2OCc2ccccc2)cc1. The van der Waals surface area contributed by atoms with E-state index in [1.54, 1.807) is 7.11 Å². The minimum absolute atomic E-state index is 0.199. The third-order valence-electron chi connectivity index (χ3n) is 8.15. The Kier molecular flexibility index (Phi) is 13.1. The molecule has 0 spiro atoms. The molecule has 1 aliphatic rings. The first-order valence-corrected chi connectivity index (χ1v) is 18.8. The van der Waals surface area contributed by atoms with Crippen molar-refractivity contribution in [2.24, 2.45) is 0 Å². The average Bonchev–Trinajstić information content (AvgIpc) is 3.15. The van der Waals surface area contributed by atoms with Crippen molar-refractivity contribution in [3.8, 4) is 5.75 Å². The predicted octanol–water partition coefficient (Wildman–Crippen LogP) is 6.72. The molecule has 5 atom stereocenters. The molecule has 0 bridgehead atoms. The van der Waals surface area contributed by atoms with Gasteiger partial charge in [-0.25, -0.2) is 0 Å². The van der Waals surface area contributed by atoms with Gasteiger partial charge in [-0.1, -0.05) is 0 Å². The molecular formula is C41H42O6Te. The van der Waals surface area contributed by atoms with Crippen molar-refractivity contribution < 1.29 is 28.4 Å². The van der Waals surface area contributed by atoms with Gasteiger partial charge in [-0.15, -0.1) is 0 Å². The van der Waals surface area contributed by atoms with Crippen molar-refractivity contribution in [2.75, 3.05) is 13.7 Å². The molecule has 5 aromatic rings. The van der Waals surface area contributed by atoms with E-state index in [2.05, 4.69) is 60.7 Å². The Bertz CT molecular complexity index is 1610. The summed E-state index contributed by atoms with van der Waals surface area (Å²) >= 11 is -0.922. The van der Waals surface area contributed by atoms with Gasteiger partial charge in [0.1, 0.15) is 0 Å². The van der Waals surface area contributed by atoms with Crippen LogP contribution in [0.25, 0.3) is 0 Å². The number of ether oxygens (including phenoxy) is 6. The van der Waals surface area contributed by atoms with Crippen molar-refractivity contribution in [1.82, 2.24) is 0 Å². The molecule has 1 fully saturated rings. The molecule has 0 saturated carbocycles. The van der Waals surface area contributed by atoms with E-state index in [-0.39, 0.29) is 16.4 Å². The molecule has 0 N–H and O–H groups in total. The zero-order chi connectivity index (χ0) is 32.8. The van der Waals surface area contributed by atoms with Crippen molar-refractivity contribution >= 4 is 24.5 Å². The summed E-state index contributed by atoms with van der Waals surface area (Å²) < 4.78 is 40.4. The van der Waals surface area contributed by atoms with E-state index in [9.17, 15) is 0 Å². The second-order valence-electron chi connectivity index (χ2n) is 11.6. The van der Waals surface area contributed by atoms with Crippen LogP contribution >= 0.6 is 0 Å².